The lowest BCUT2D eigenvalue weighted by molar-refractivity contribution is -0.134. The van der Waals surface area contributed by atoms with Gasteiger partial charge in [0.05, 0.1) is 19.1 Å². The molecular formula is C26H36N4O2. The van der Waals surface area contributed by atoms with Crippen LogP contribution in [0.3, 0.4) is 0 Å². The number of piperazine rings is 1. The Morgan fingerprint density at radius 2 is 1.41 bits per heavy atom. The molecule has 0 atom stereocenters. The standard InChI is InChI=1S/C26H36N4O2/c1-26(2,3)27-23(31)19-29-15-17-30(18-16-29)24(32)20-28(4)25(21-11-7-5-8-12-21)22-13-9-6-10-14-22/h5-14,25H,15-20H2,1-4H3,(H,27,31). The maximum absolute atomic E-state index is 13.1. The van der Waals surface area contributed by atoms with Gasteiger partial charge in [0.15, 0.2) is 0 Å². The van der Waals surface area contributed by atoms with E-state index < -0.39 is 0 Å². The highest BCUT2D eigenvalue weighted by molar-refractivity contribution is 5.79. The Balaban J connectivity index is 1.57. The normalized spacial score (nSPS) is 15.2. The molecule has 32 heavy (non-hydrogen) atoms. The minimum absolute atomic E-state index is 0.0173. The van der Waals surface area contributed by atoms with Crippen molar-refractivity contribution in [1.82, 2.24) is 20.0 Å². The second-order valence-corrected chi connectivity index (χ2v) is 9.59. The van der Waals surface area contributed by atoms with Crippen LogP contribution in [0.2, 0.25) is 0 Å². The molecule has 1 fully saturated rings. The number of nitrogens with one attached hydrogen (secondary N) is 1. The van der Waals surface area contributed by atoms with Gasteiger partial charge in [0, 0.05) is 31.7 Å². The molecule has 2 amide bonds. The second kappa shape index (κ2) is 10.7. The van der Waals surface area contributed by atoms with Crippen molar-refractivity contribution in [2.75, 3.05) is 46.3 Å². The number of nitrogens with zero attached hydrogens (tertiary/aromatic N) is 3. The third-order valence-corrected chi connectivity index (χ3v) is 5.66. The molecule has 6 nitrogen and oxygen atoms in total. The molecule has 0 aromatic heterocycles. The van der Waals surface area contributed by atoms with Gasteiger partial charge in [0.25, 0.3) is 0 Å². The number of hydrogen-bond donors (Lipinski definition) is 1. The third kappa shape index (κ3) is 6.90. The Bertz CT molecular complexity index is 832. The van der Waals surface area contributed by atoms with E-state index in [9.17, 15) is 9.59 Å². The molecule has 2 aromatic carbocycles. The minimum Gasteiger partial charge on any atom is -0.350 e. The zero-order valence-electron chi connectivity index (χ0n) is 19.8. The zero-order valence-corrected chi connectivity index (χ0v) is 19.8. The molecule has 0 spiro atoms. The van der Waals surface area contributed by atoms with E-state index in [1.54, 1.807) is 0 Å². The van der Waals surface area contributed by atoms with Crippen molar-refractivity contribution in [3.8, 4) is 0 Å². The van der Waals surface area contributed by atoms with Gasteiger partial charge in [0.1, 0.15) is 0 Å². The summed E-state index contributed by atoms with van der Waals surface area (Å²) in [4.78, 5) is 31.4. The monoisotopic (exact) mass is 436 g/mol. The van der Waals surface area contributed by atoms with Crippen LogP contribution < -0.4 is 5.32 Å². The van der Waals surface area contributed by atoms with Crippen LogP contribution in [0.1, 0.15) is 37.9 Å². The van der Waals surface area contributed by atoms with Crippen molar-refractivity contribution in [3.05, 3.63) is 71.8 Å². The van der Waals surface area contributed by atoms with Gasteiger partial charge in [-0.15, -0.1) is 0 Å². The van der Waals surface area contributed by atoms with Gasteiger partial charge in [-0.1, -0.05) is 60.7 Å². The molecule has 1 saturated heterocycles. The van der Waals surface area contributed by atoms with Crippen molar-refractivity contribution >= 4 is 11.8 Å². The summed E-state index contributed by atoms with van der Waals surface area (Å²) in [6.07, 6.45) is 0. The summed E-state index contributed by atoms with van der Waals surface area (Å²) in [7, 11) is 2.01. The summed E-state index contributed by atoms with van der Waals surface area (Å²) in [5.41, 5.74) is 2.11. The van der Waals surface area contributed by atoms with E-state index in [1.807, 2.05) is 69.1 Å². The molecule has 0 aliphatic carbocycles. The molecule has 6 heteroatoms. The van der Waals surface area contributed by atoms with Gasteiger partial charge in [-0.2, -0.15) is 0 Å². The summed E-state index contributed by atoms with van der Waals surface area (Å²) in [5, 5.41) is 3.00. The Labute approximate surface area is 192 Å². The fraction of sp³-hybridized carbons (Fsp3) is 0.462. The van der Waals surface area contributed by atoms with Crippen molar-refractivity contribution in [1.29, 1.82) is 0 Å². The van der Waals surface area contributed by atoms with Crippen molar-refractivity contribution < 1.29 is 9.59 Å². The van der Waals surface area contributed by atoms with E-state index in [-0.39, 0.29) is 23.4 Å². The number of rotatable bonds is 7. The molecule has 1 N–H and O–H groups in total. The quantitative estimate of drug-likeness (QED) is 0.725. The van der Waals surface area contributed by atoms with Crippen LogP contribution in [0.15, 0.2) is 60.7 Å². The van der Waals surface area contributed by atoms with Crippen LogP contribution in [0.5, 0.6) is 0 Å². The Morgan fingerprint density at radius 3 is 1.88 bits per heavy atom. The highest BCUT2D eigenvalue weighted by atomic mass is 16.2. The molecule has 0 bridgehead atoms. The van der Waals surface area contributed by atoms with Crippen LogP contribution in [-0.2, 0) is 9.59 Å². The molecule has 1 heterocycles. The summed E-state index contributed by atoms with van der Waals surface area (Å²) >= 11 is 0. The SMILES string of the molecule is CN(CC(=O)N1CCN(CC(=O)NC(C)(C)C)CC1)C(c1ccccc1)c1ccccc1. The van der Waals surface area contributed by atoms with E-state index in [4.69, 9.17) is 0 Å². The predicted octanol–water partition coefficient (Wildman–Crippen LogP) is 2.77. The van der Waals surface area contributed by atoms with Crippen LogP contribution in [0, 0.1) is 0 Å². The van der Waals surface area contributed by atoms with Crippen LogP contribution in [0.25, 0.3) is 0 Å². The maximum Gasteiger partial charge on any atom is 0.236 e. The molecule has 0 saturated carbocycles. The van der Waals surface area contributed by atoms with Gasteiger partial charge >= 0.3 is 0 Å². The average molecular weight is 437 g/mol. The summed E-state index contributed by atoms with van der Waals surface area (Å²) < 4.78 is 0. The first-order valence-corrected chi connectivity index (χ1v) is 11.3. The van der Waals surface area contributed by atoms with E-state index in [2.05, 4.69) is 39.4 Å². The second-order valence-electron chi connectivity index (χ2n) is 9.59. The average Bonchev–Trinajstić information content (AvgIpc) is 2.74. The minimum atomic E-state index is -0.229. The molecule has 2 aromatic rings. The summed E-state index contributed by atoms with van der Waals surface area (Å²) in [5.74, 6) is 0.161. The lowest BCUT2D eigenvalue weighted by atomic mass is 9.97. The molecule has 172 valence electrons. The summed E-state index contributed by atoms with van der Waals surface area (Å²) in [6, 6.07) is 20.6. The van der Waals surface area contributed by atoms with Gasteiger partial charge in [0.2, 0.25) is 11.8 Å². The van der Waals surface area contributed by atoms with Gasteiger partial charge < -0.3 is 10.2 Å². The predicted molar refractivity (Wildman–Crippen MR) is 128 cm³/mol. The smallest absolute Gasteiger partial charge is 0.236 e. The molecule has 1 aliphatic heterocycles. The Kier molecular flexibility index (Phi) is 8.04. The Hall–Kier alpha value is -2.70. The Morgan fingerprint density at radius 1 is 0.906 bits per heavy atom. The largest absolute Gasteiger partial charge is 0.350 e. The molecule has 3 rings (SSSR count). The molecule has 1 aliphatic rings. The third-order valence-electron chi connectivity index (χ3n) is 5.66. The number of hydrogen-bond acceptors (Lipinski definition) is 4. The van der Waals surface area contributed by atoms with Gasteiger partial charge in [-0.3, -0.25) is 19.4 Å². The van der Waals surface area contributed by atoms with E-state index in [1.165, 1.54) is 11.1 Å². The summed E-state index contributed by atoms with van der Waals surface area (Å²) in [6.45, 7) is 9.40. The van der Waals surface area contributed by atoms with Crippen LogP contribution in [-0.4, -0.2) is 78.4 Å². The van der Waals surface area contributed by atoms with E-state index in [0.29, 0.717) is 39.3 Å². The molecular weight excluding hydrogens is 400 g/mol. The van der Waals surface area contributed by atoms with Crippen LogP contribution in [0.4, 0.5) is 0 Å². The first-order valence-electron chi connectivity index (χ1n) is 11.3. The van der Waals surface area contributed by atoms with Crippen molar-refractivity contribution in [3.63, 3.8) is 0 Å². The first-order chi connectivity index (χ1) is 15.2. The maximum atomic E-state index is 13.1. The van der Waals surface area contributed by atoms with Crippen LogP contribution >= 0.6 is 0 Å². The molecule has 0 unspecified atom stereocenters. The number of benzene rings is 2. The number of carbonyl (C=O) groups excluding carboxylic acids is 2. The number of carbonyl (C=O) groups is 2. The van der Waals surface area contributed by atoms with Gasteiger partial charge in [-0.25, -0.2) is 0 Å². The van der Waals surface area contributed by atoms with E-state index in [0.717, 1.165) is 0 Å². The highest BCUT2D eigenvalue weighted by Crippen LogP contribution is 2.27. The van der Waals surface area contributed by atoms with Crippen molar-refractivity contribution in [2.24, 2.45) is 0 Å². The zero-order chi connectivity index (χ0) is 23.1. The lowest BCUT2D eigenvalue weighted by Crippen LogP contribution is -2.54. The topological polar surface area (TPSA) is 55.9 Å². The van der Waals surface area contributed by atoms with Gasteiger partial charge in [-0.05, 0) is 38.9 Å². The fourth-order valence-electron chi connectivity index (χ4n) is 4.19. The fourth-order valence-corrected chi connectivity index (χ4v) is 4.19. The molecule has 0 radical (unpaired) electrons. The van der Waals surface area contributed by atoms with Crippen molar-refractivity contribution in [2.45, 2.75) is 32.4 Å². The van der Waals surface area contributed by atoms with E-state index >= 15 is 0 Å². The highest BCUT2D eigenvalue weighted by Gasteiger charge is 2.27. The number of amides is 2. The number of likely N-dealkylation sites (N-methyl/N-ethyl adjacent to an activating group) is 1. The first kappa shape index (κ1) is 24.0. The lowest BCUT2D eigenvalue weighted by Gasteiger charge is -2.36.